The Morgan fingerprint density at radius 2 is 1.96 bits per heavy atom. The minimum absolute atomic E-state index is 0.126. The summed E-state index contributed by atoms with van der Waals surface area (Å²) >= 11 is 5.83. The maximum Gasteiger partial charge on any atom is 0.244 e. The molecule has 0 radical (unpaired) electrons. The number of carbonyl (C=O) groups excluding carboxylic acids is 1. The van der Waals surface area contributed by atoms with E-state index in [1.54, 1.807) is 24.5 Å². The van der Waals surface area contributed by atoms with Crippen molar-refractivity contribution < 1.29 is 17.9 Å². The van der Waals surface area contributed by atoms with Gasteiger partial charge in [-0.2, -0.15) is 0 Å². The van der Waals surface area contributed by atoms with Gasteiger partial charge >= 0.3 is 0 Å². The third-order valence-electron chi connectivity index (χ3n) is 3.08. The van der Waals surface area contributed by atoms with E-state index in [-0.39, 0.29) is 22.2 Å². The molecule has 0 fully saturated rings. The lowest BCUT2D eigenvalue weighted by Gasteiger charge is -2.11. The first-order chi connectivity index (χ1) is 11.4. The zero-order chi connectivity index (χ0) is 17.6. The maximum atomic E-state index is 12.3. The molecule has 1 heterocycles. The van der Waals surface area contributed by atoms with E-state index in [9.17, 15) is 13.2 Å². The summed E-state index contributed by atoms with van der Waals surface area (Å²) in [5, 5.41) is 2.86. The zero-order valence-electron chi connectivity index (χ0n) is 12.8. The average molecular weight is 370 g/mol. The van der Waals surface area contributed by atoms with Crippen molar-refractivity contribution in [1.29, 1.82) is 0 Å². The van der Waals surface area contributed by atoms with Crippen LogP contribution >= 0.6 is 11.6 Å². The molecule has 0 aliphatic heterocycles. The van der Waals surface area contributed by atoms with E-state index in [0.29, 0.717) is 0 Å². The number of pyridine rings is 1. The Balaban J connectivity index is 1.97. The van der Waals surface area contributed by atoms with Gasteiger partial charge in [-0.15, -0.1) is 0 Å². The van der Waals surface area contributed by atoms with E-state index in [2.05, 4.69) is 15.0 Å². The molecule has 0 saturated heterocycles. The smallest absolute Gasteiger partial charge is 0.244 e. The molecule has 7 nitrogen and oxygen atoms in total. The quantitative estimate of drug-likeness (QED) is 0.767. The number of rotatable bonds is 7. The van der Waals surface area contributed by atoms with Crippen LogP contribution in [0.25, 0.3) is 0 Å². The number of carbonyl (C=O) groups is 1. The van der Waals surface area contributed by atoms with Gasteiger partial charge in [0.05, 0.1) is 13.7 Å². The van der Waals surface area contributed by atoms with Gasteiger partial charge in [-0.1, -0.05) is 11.6 Å². The highest BCUT2D eigenvalue weighted by molar-refractivity contribution is 7.89. The van der Waals surface area contributed by atoms with Gasteiger partial charge in [0.2, 0.25) is 15.9 Å². The Kier molecular flexibility index (Phi) is 6.13. The third kappa shape index (κ3) is 4.92. The highest BCUT2D eigenvalue weighted by atomic mass is 35.5. The minimum Gasteiger partial charge on any atom is -0.495 e. The number of benzene rings is 1. The monoisotopic (exact) mass is 369 g/mol. The Morgan fingerprint density at radius 1 is 1.25 bits per heavy atom. The normalized spacial score (nSPS) is 11.1. The fraction of sp³-hybridized carbons (Fsp3) is 0.200. The van der Waals surface area contributed by atoms with E-state index in [0.717, 1.165) is 5.56 Å². The second kappa shape index (κ2) is 8.09. The Bertz CT molecular complexity index is 813. The minimum atomic E-state index is -3.93. The lowest BCUT2D eigenvalue weighted by Crippen LogP contribution is -2.36. The predicted octanol–water partition coefficient (Wildman–Crippen LogP) is 1.34. The van der Waals surface area contributed by atoms with Crippen LogP contribution in [0.5, 0.6) is 5.75 Å². The topological polar surface area (TPSA) is 97.4 Å². The van der Waals surface area contributed by atoms with Gasteiger partial charge in [-0.3, -0.25) is 9.78 Å². The van der Waals surface area contributed by atoms with Crippen molar-refractivity contribution in [2.45, 2.75) is 11.4 Å². The first-order valence-electron chi connectivity index (χ1n) is 6.91. The summed E-state index contributed by atoms with van der Waals surface area (Å²) in [6.45, 7) is -0.118. The zero-order valence-corrected chi connectivity index (χ0v) is 14.4. The number of ether oxygens (including phenoxy) is 1. The summed E-state index contributed by atoms with van der Waals surface area (Å²) in [5.41, 5.74) is 0.859. The highest BCUT2D eigenvalue weighted by Crippen LogP contribution is 2.26. The van der Waals surface area contributed by atoms with Gasteiger partial charge in [-0.05, 0) is 35.9 Å². The average Bonchev–Trinajstić information content (AvgIpc) is 2.59. The summed E-state index contributed by atoms with van der Waals surface area (Å²) in [7, 11) is -2.58. The summed E-state index contributed by atoms with van der Waals surface area (Å²) < 4.78 is 31.8. The SMILES string of the molecule is COc1ccc(Cl)cc1S(=O)(=O)NCC(=O)NCc1ccncc1. The maximum absolute atomic E-state index is 12.3. The highest BCUT2D eigenvalue weighted by Gasteiger charge is 2.20. The van der Waals surface area contributed by atoms with Crippen LogP contribution in [-0.4, -0.2) is 33.0 Å². The second-order valence-electron chi connectivity index (χ2n) is 4.75. The Morgan fingerprint density at radius 3 is 2.62 bits per heavy atom. The fourth-order valence-corrected chi connectivity index (χ4v) is 3.27. The molecule has 0 atom stereocenters. The molecule has 0 aliphatic carbocycles. The second-order valence-corrected chi connectivity index (χ2v) is 6.92. The van der Waals surface area contributed by atoms with Crippen molar-refractivity contribution in [2.24, 2.45) is 0 Å². The molecule has 0 saturated carbocycles. The standard InChI is InChI=1S/C15H16ClN3O4S/c1-23-13-3-2-12(16)8-14(13)24(21,22)19-10-15(20)18-9-11-4-6-17-7-5-11/h2-8,19H,9-10H2,1H3,(H,18,20). The van der Waals surface area contributed by atoms with Crippen molar-refractivity contribution in [3.63, 3.8) is 0 Å². The van der Waals surface area contributed by atoms with E-state index in [1.165, 1.54) is 25.3 Å². The Labute approximate surface area is 145 Å². The van der Waals surface area contributed by atoms with Gasteiger partial charge < -0.3 is 10.1 Å². The van der Waals surface area contributed by atoms with Gasteiger partial charge in [0.1, 0.15) is 10.6 Å². The predicted molar refractivity (Wildman–Crippen MR) is 89.3 cm³/mol. The number of methoxy groups -OCH3 is 1. The van der Waals surface area contributed by atoms with E-state index >= 15 is 0 Å². The molecule has 128 valence electrons. The number of hydrogen-bond donors (Lipinski definition) is 2. The van der Waals surface area contributed by atoms with Crippen molar-refractivity contribution in [1.82, 2.24) is 15.0 Å². The molecule has 2 aromatic rings. The molecule has 9 heteroatoms. The van der Waals surface area contributed by atoms with E-state index in [1.807, 2.05) is 0 Å². The third-order valence-corrected chi connectivity index (χ3v) is 4.73. The van der Waals surface area contributed by atoms with Crippen LogP contribution in [-0.2, 0) is 21.4 Å². The number of hydrogen-bond acceptors (Lipinski definition) is 5. The number of sulfonamides is 1. The number of nitrogens with zero attached hydrogens (tertiary/aromatic N) is 1. The van der Waals surface area contributed by atoms with Crippen LogP contribution in [0, 0.1) is 0 Å². The molecule has 0 unspecified atom stereocenters. The number of halogens is 1. The molecular formula is C15H16ClN3O4S. The molecule has 1 amide bonds. The van der Waals surface area contributed by atoms with Gasteiger partial charge in [0.25, 0.3) is 0 Å². The molecular weight excluding hydrogens is 354 g/mol. The Hall–Kier alpha value is -2.16. The van der Waals surface area contributed by atoms with Crippen LogP contribution in [0.3, 0.4) is 0 Å². The van der Waals surface area contributed by atoms with Gasteiger partial charge in [0, 0.05) is 24.0 Å². The van der Waals surface area contributed by atoms with Crippen LogP contribution in [0.4, 0.5) is 0 Å². The van der Waals surface area contributed by atoms with Crippen molar-refractivity contribution in [3.8, 4) is 5.75 Å². The summed E-state index contributed by atoms with van der Waals surface area (Å²) in [6, 6.07) is 7.72. The summed E-state index contributed by atoms with van der Waals surface area (Å²) in [5.74, 6) is -0.319. The lowest BCUT2D eigenvalue weighted by molar-refractivity contribution is -0.120. The van der Waals surface area contributed by atoms with E-state index in [4.69, 9.17) is 16.3 Å². The van der Waals surface area contributed by atoms with Crippen molar-refractivity contribution >= 4 is 27.5 Å². The number of aromatic nitrogens is 1. The van der Waals surface area contributed by atoms with Gasteiger partial charge in [0.15, 0.2) is 0 Å². The van der Waals surface area contributed by atoms with Crippen LogP contribution < -0.4 is 14.8 Å². The van der Waals surface area contributed by atoms with E-state index < -0.39 is 22.5 Å². The van der Waals surface area contributed by atoms with Crippen LogP contribution in [0.1, 0.15) is 5.56 Å². The first kappa shape index (κ1) is 18.2. The molecule has 1 aromatic carbocycles. The largest absolute Gasteiger partial charge is 0.495 e. The van der Waals surface area contributed by atoms with Gasteiger partial charge in [-0.25, -0.2) is 13.1 Å². The lowest BCUT2D eigenvalue weighted by atomic mass is 10.3. The van der Waals surface area contributed by atoms with Crippen LogP contribution in [0.2, 0.25) is 5.02 Å². The molecule has 2 rings (SSSR count). The summed E-state index contributed by atoms with van der Waals surface area (Å²) in [4.78, 5) is 15.6. The fourth-order valence-electron chi connectivity index (χ4n) is 1.86. The molecule has 0 aliphatic rings. The molecule has 2 N–H and O–H groups in total. The summed E-state index contributed by atoms with van der Waals surface area (Å²) in [6.07, 6.45) is 3.21. The molecule has 0 spiro atoms. The van der Waals surface area contributed by atoms with Crippen molar-refractivity contribution in [3.05, 3.63) is 53.3 Å². The first-order valence-corrected chi connectivity index (χ1v) is 8.77. The molecule has 24 heavy (non-hydrogen) atoms. The molecule has 0 bridgehead atoms. The molecule has 1 aromatic heterocycles. The number of amides is 1. The van der Waals surface area contributed by atoms with Crippen molar-refractivity contribution in [2.75, 3.05) is 13.7 Å². The van der Waals surface area contributed by atoms with Crippen LogP contribution in [0.15, 0.2) is 47.6 Å². The number of nitrogens with one attached hydrogen (secondary N) is 2.